The molecule has 2 heterocycles. The molecule has 1 aliphatic rings. The summed E-state index contributed by atoms with van der Waals surface area (Å²) in [6.45, 7) is 0. The second-order valence-corrected chi connectivity index (χ2v) is 11.4. The van der Waals surface area contributed by atoms with Gasteiger partial charge >= 0.3 is 0 Å². The Balaban J connectivity index is 1.29. The zero-order valence-corrected chi connectivity index (χ0v) is 25.3. The van der Waals surface area contributed by atoms with Gasteiger partial charge in [0.25, 0.3) is 0 Å². The molecule has 2 N–H and O–H groups in total. The van der Waals surface area contributed by atoms with Crippen molar-refractivity contribution in [2.24, 2.45) is 0 Å². The van der Waals surface area contributed by atoms with Crippen LogP contribution in [0.3, 0.4) is 0 Å². The first-order valence-corrected chi connectivity index (χ1v) is 15.3. The van der Waals surface area contributed by atoms with Crippen molar-refractivity contribution in [3.8, 4) is 11.4 Å². The average molecular weight is 598 g/mol. The number of nitrogens with one attached hydrogen (secondary N) is 2. The topological polar surface area (TPSA) is 68.3 Å². The van der Waals surface area contributed by atoms with Crippen molar-refractivity contribution in [3.63, 3.8) is 0 Å². The fourth-order valence-electron chi connectivity index (χ4n) is 6.51. The molecule has 222 valence electrons. The number of aromatic nitrogens is 1. The Bertz CT molecular complexity index is 2190. The summed E-state index contributed by atoms with van der Waals surface area (Å²) in [7, 11) is 2.08. The second-order valence-electron chi connectivity index (χ2n) is 11.4. The van der Waals surface area contributed by atoms with Crippen LogP contribution in [0.4, 0.5) is 11.4 Å². The van der Waals surface area contributed by atoms with Crippen LogP contribution in [0, 0.1) is 10.8 Å². The third-order valence-electron chi connectivity index (χ3n) is 8.70. The molecule has 0 saturated heterocycles. The highest BCUT2D eigenvalue weighted by atomic mass is 16.5. The Morgan fingerprint density at radius 3 is 1.91 bits per heavy atom. The van der Waals surface area contributed by atoms with E-state index in [0.717, 1.165) is 61.3 Å². The maximum absolute atomic E-state index is 9.26. The van der Waals surface area contributed by atoms with E-state index in [4.69, 9.17) is 4.74 Å². The van der Waals surface area contributed by atoms with Crippen molar-refractivity contribution < 1.29 is 4.74 Å². The smallest absolute Gasteiger partial charge is 0.198 e. The lowest BCUT2D eigenvalue weighted by molar-refractivity contribution is 0.238. The summed E-state index contributed by atoms with van der Waals surface area (Å²) < 4.78 is 9.00. The number of anilines is 2. The van der Waals surface area contributed by atoms with Crippen LogP contribution in [0.15, 0.2) is 152 Å². The largest absolute Gasteiger partial charge is 0.463 e. The predicted molar refractivity (Wildman–Crippen MR) is 188 cm³/mol. The third-order valence-corrected chi connectivity index (χ3v) is 8.70. The van der Waals surface area contributed by atoms with Crippen molar-refractivity contribution in [1.82, 2.24) is 4.57 Å². The molecule has 1 aromatic heterocycles. The van der Waals surface area contributed by atoms with Gasteiger partial charge in [-0.2, -0.15) is 0 Å². The summed E-state index contributed by atoms with van der Waals surface area (Å²) in [6, 6.07) is 50.3. The number of ether oxygens (including phenoxy) is 1. The highest BCUT2D eigenvalue weighted by Gasteiger charge is 2.33. The van der Waals surface area contributed by atoms with E-state index in [1.807, 2.05) is 91.0 Å². The highest BCUT2D eigenvalue weighted by molar-refractivity contribution is 6.27. The first-order chi connectivity index (χ1) is 22.6. The fraction of sp³-hybridized carbons (Fsp3) is 0.0500. The van der Waals surface area contributed by atoms with E-state index in [0.29, 0.717) is 0 Å². The molecule has 7 aromatic rings. The van der Waals surface area contributed by atoms with Crippen LogP contribution < -0.4 is 14.5 Å². The molecule has 0 amide bonds. The molecule has 8 rings (SSSR count). The molecule has 1 aliphatic heterocycles. The van der Waals surface area contributed by atoms with Crippen molar-refractivity contribution in [3.05, 3.63) is 168 Å². The Morgan fingerprint density at radius 1 is 0.630 bits per heavy atom. The number of fused-ring (bicyclic) bond motifs is 5. The van der Waals surface area contributed by atoms with Crippen LogP contribution in [0.1, 0.15) is 22.9 Å². The van der Waals surface area contributed by atoms with E-state index < -0.39 is 0 Å². The lowest BCUT2D eigenvalue weighted by Crippen LogP contribution is -2.37. The van der Waals surface area contributed by atoms with Crippen molar-refractivity contribution in [2.45, 2.75) is 6.23 Å². The van der Waals surface area contributed by atoms with E-state index in [1.54, 1.807) is 4.90 Å². The molecule has 1 unspecified atom stereocenters. The van der Waals surface area contributed by atoms with Gasteiger partial charge in [0.05, 0.1) is 27.8 Å². The summed E-state index contributed by atoms with van der Waals surface area (Å²) in [5, 5.41) is 20.7. The zero-order valence-electron chi connectivity index (χ0n) is 25.3. The minimum Gasteiger partial charge on any atom is -0.463 e. The van der Waals surface area contributed by atoms with Crippen LogP contribution >= 0.6 is 0 Å². The summed E-state index contributed by atoms with van der Waals surface area (Å²) in [4.78, 5) is 3.90. The fourth-order valence-corrected chi connectivity index (χ4v) is 6.51. The Kier molecular flexibility index (Phi) is 6.61. The van der Waals surface area contributed by atoms with Gasteiger partial charge in [0.15, 0.2) is 12.0 Å². The zero-order chi connectivity index (χ0) is 31.2. The molecule has 0 saturated carbocycles. The summed E-state index contributed by atoms with van der Waals surface area (Å²) in [5.74, 6) is 1.34. The molecular formula is C40H31N5O. The first-order valence-electron chi connectivity index (χ1n) is 15.3. The first kappa shape index (κ1) is 27.4. The molecule has 6 aromatic carbocycles. The van der Waals surface area contributed by atoms with Crippen LogP contribution in [-0.2, 0) is 0 Å². The van der Waals surface area contributed by atoms with Gasteiger partial charge in [0.2, 0.25) is 0 Å². The lowest BCUT2D eigenvalue weighted by atomic mass is 10.1. The third kappa shape index (κ3) is 4.42. The van der Waals surface area contributed by atoms with Crippen LogP contribution in [-0.4, -0.2) is 23.3 Å². The molecule has 46 heavy (non-hydrogen) atoms. The minimum atomic E-state index is -0.214. The van der Waals surface area contributed by atoms with Gasteiger partial charge in [-0.15, -0.1) is 0 Å². The van der Waals surface area contributed by atoms with E-state index in [1.165, 1.54) is 0 Å². The van der Waals surface area contributed by atoms with Crippen molar-refractivity contribution >= 4 is 44.9 Å². The molecule has 0 bridgehead atoms. The van der Waals surface area contributed by atoms with E-state index in [9.17, 15) is 10.8 Å². The van der Waals surface area contributed by atoms with Gasteiger partial charge in [-0.05, 0) is 36.4 Å². The quantitative estimate of drug-likeness (QED) is 0.154. The summed E-state index contributed by atoms with van der Waals surface area (Å²) in [5.41, 5.74) is 7.37. The number of rotatable bonds is 5. The van der Waals surface area contributed by atoms with E-state index in [-0.39, 0.29) is 17.9 Å². The monoisotopic (exact) mass is 597 g/mol. The van der Waals surface area contributed by atoms with E-state index in [2.05, 4.69) is 77.2 Å². The lowest BCUT2D eigenvalue weighted by Gasteiger charge is -2.27. The molecule has 0 spiro atoms. The van der Waals surface area contributed by atoms with Gasteiger partial charge in [-0.3, -0.25) is 15.7 Å². The minimum absolute atomic E-state index is 0.214. The molecular weight excluding hydrogens is 566 g/mol. The van der Waals surface area contributed by atoms with Gasteiger partial charge in [-0.1, -0.05) is 115 Å². The Hall–Kier alpha value is -6.14. The standard InChI is InChI=1S/C40H31N5O/c1-43-35-25-24-34-36(37(35)46-40(43)29-18-9-4-10-19-29)32-22-11-12-23-33(32)44(34)30-20-13-21-31(26-30)45(38(41)27-14-5-2-6-15-27)39(42)28-16-7-3-8-17-28/h2-26,40-42H,1H3. The van der Waals surface area contributed by atoms with Crippen molar-refractivity contribution in [2.75, 3.05) is 16.8 Å². The number of amidine groups is 2. The number of hydrogen-bond donors (Lipinski definition) is 2. The molecule has 6 nitrogen and oxygen atoms in total. The van der Waals surface area contributed by atoms with Gasteiger partial charge in [-0.25, -0.2) is 0 Å². The van der Waals surface area contributed by atoms with Gasteiger partial charge in [0.1, 0.15) is 11.7 Å². The van der Waals surface area contributed by atoms with Crippen LogP contribution in [0.5, 0.6) is 5.75 Å². The van der Waals surface area contributed by atoms with Gasteiger partial charge < -0.3 is 14.2 Å². The molecule has 1 atom stereocenters. The molecule has 6 heteroatoms. The number of hydrogen-bond acceptors (Lipinski definition) is 4. The maximum Gasteiger partial charge on any atom is 0.198 e. The summed E-state index contributed by atoms with van der Waals surface area (Å²) >= 11 is 0. The Morgan fingerprint density at radius 2 is 1.24 bits per heavy atom. The maximum atomic E-state index is 9.26. The average Bonchev–Trinajstić information content (AvgIpc) is 3.64. The van der Waals surface area contributed by atoms with Gasteiger partial charge in [0, 0.05) is 34.8 Å². The van der Waals surface area contributed by atoms with Crippen LogP contribution in [0.2, 0.25) is 0 Å². The second kappa shape index (κ2) is 11.1. The van der Waals surface area contributed by atoms with Crippen molar-refractivity contribution in [1.29, 1.82) is 10.8 Å². The Labute approximate surface area is 267 Å². The number of benzene rings is 6. The SMILES string of the molecule is CN1c2ccc3c(c2OC1c1ccccc1)c1ccccc1n3-c1cccc(N(C(=N)c2ccccc2)C(=N)c2ccccc2)c1. The molecule has 0 fully saturated rings. The number of para-hydroxylation sites is 1. The predicted octanol–water partition coefficient (Wildman–Crippen LogP) is 9.17. The normalized spacial score (nSPS) is 13.8. The van der Waals surface area contributed by atoms with Crippen LogP contribution in [0.25, 0.3) is 27.5 Å². The van der Waals surface area contributed by atoms with E-state index >= 15 is 0 Å². The molecule has 0 aliphatic carbocycles. The molecule has 0 radical (unpaired) electrons. The highest BCUT2D eigenvalue weighted by Crippen LogP contribution is 2.50. The number of nitrogens with zero attached hydrogens (tertiary/aromatic N) is 3. The summed E-state index contributed by atoms with van der Waals surface area (Å²) in [6.07, 6.45) is -0.214.